The second-order valence-corrected chi connectivity index (χ2v) is 4.45. The van der Waals surface area contributed by atoms with E-state index in [0.29, 0.717) is 11.6 Å². The molecule has 0 aliphatic rings. The Morgan fingerprint density at radius 3 is 2.56 bits per heavy atom. The van der Waals surface area contributed by atoms with Crippen LogP contribution in [-0.4, -0.2) is 11.7 Å². The third-order valence-corrected chi connectivity index (χ3v) is 3.15. The molecule has 0 amide bonds. The second kappa shape index (κ2) is 5.55. The number of ether oxygens (including phenoxy) is 1. The molecule has 0 aromatic heterocycles. The van der Waals surface area contributed by atoms with E-state index in [-0.39, 0.29) is 0 Å². The molecule has 0 saturated carbocycles. The van der Waals surface area contributed by atoms with E-state index in [1.54, 1.807) is 6.92 Å². The molecule has 3 heteroatoms. The minimum atomic E-state index is -0.565. The SMILES string of the molecule is CCCOc1cc(C)c(Cl)c(C)c1C(C)O. The van der Waals surface area contributed by atoms with Crippen molar-refractivity contribution in [1.82, 2.24) is 0 Å². The molecular formula is C13H19ClO2. The first kappa shape index (κ1) is 13.3. The van der Waals surface area contributed by atoms with Gasteiger partial charge in [0, 0.05) is 10.6 Å². The standard InChI is InChI=1S/C13H19ClO2/c1-5-6-16-11-7-8(2)13(14)9(3)12(11)10(4)15/h7,10,15H,5-6H2,1-4H3. The van der Waals surface area contributed by atoms with Crippen molar-refractivity contribution in [2.24, 2.45) is 0 Å². The highest BCUT2D eigenvalue weighted by atomic mass is 35.5. The normalized spacial score (nSPS) is 12.6. The predicted molar refractivity (Wildman–Crippen MR) is 67.3 cm³/mol. The van der Waals surface area contributed by atoms with Crippen LogP contribution in [0.3, 0.4) is 0 Å². The third kappa shape index (κ3) is 2.69. The fourth-order valence-corrected chi connectivity index (χ4v) is 1.94. The number of aliphatic hydroxyl groups is 1. The van der Waals surface area contributed by atoms with Gasteiger partial charge in [0.15, 0.2) is 0 Å². The highest BCUT2D eigenvalue weighted by Crippen LogP contribution is 2.35. The summed E-state index contributed by atoms with van der Waals surface area (Å²) in [4.78, 5) is 0. The van der Waals surface area contributed by atoms with E-state index in [4.69, 9.17) is 16.3 Å². The zero-order valence-electron chi connectivity index (χ0n) is 10.3. The zero-order chi connectivity index (χ0) is 12.3. The van der Waals surface area contributed by atoms with Gasteiger partial charge in [-0.1, -0.05) is 18.5 Å². The molecule has 0 spiro atoms. The highest BCUT2D eigenvalue weighted by molar-refractivity contribution is 6.32. The number of halogens is 1. The average molecular weight is 243 g/mol. The maximum Gasteiger partial charge on any atom is 0.125 e. The Labute approximate surface area is 102 Å². The Hall–Kier alpha value is -0.730. The van der Waals surface area contributed by atoms with Crippen molar-refractivity contribution in [2.75, 3.05) is 6.61 Å². The Kier molecular flexibility index (Phi) is 4.63. The molecule has 16 heavy (non-hydrogen) atoms. The minimum Gasteiger partial charge on any atom is -0.493 e. The molecule has 1 atom stereocenters. The van der Waals surface area contributed by atoms with Gasteiger partial charge in [-0.3, -0.25) is 0 Å². The van der Waals surface area contributed by atoms with Gasteiger partial charge in [0.05, 0.1) is 12.7 Å². The molecule has 0 aliphatic heterocycles. The van der Waals surface area contributed by atoms with E-state index in [9.17, 15) is 5.11 Å². The molecule has 0 bridgehead atoms. The van der Waals surface area contributed by atoms with Crippen LogP contribution in [-0.2, 0) is 0 Å². The van der Waals surface area contributed by atoms with Crippen LogP contribution in [0.2, 0.25) is 5.02 Å². The summed E-state index contributed by atoms with van der Waals surface area (Å²) < 4.78 is 5.65. The van der Waals surface area contributed by atoms with E-state index in [0.717, 1.165) is 28.9 Å². The van der Waals surface area contributed by atoms with Crippen molar-refractivity contribution in [2.45, 2.75) is 40.2 Å². The van der Waals surface area contributed by atoms with Gasteiger partial charge in [0.1, 0.15) is 5.75 Å². The summed E-state index contributed by atoms with van der Waals surface area (Å²) in [6, 6.07) is 1.90. The Balaban J connectivity index is 3.24. The molecule has 90 valence electrons. The molecule has 1 rings (SSSR count). The Morgan fingerprint density at radius 1 is 1.44 bits per heavy atom. The molecule has 2 nitrogen and oxygen atoms in total. The summed E-state index contributed by atoms with van der Waals surface area (Å²) >= 11 is 6.17. The monoisotopic (exact) mass is 242 g/mol. The fourth-order valence-electron chi connectivity index (χ4n) is 1.79. The summed E-state index contributed by atoms with van der Waals surface area (Å²) in [5, 5.41) is 10.5. The number of rotatable bonds is 4. The van der Waals surface area contributed by atoms with Crippen LogP contribution >= 0.6 is 11.6 Å². The van der Waals surface area contributed by atoms with Crippen molar-refractivity contribution in [3.05, 3.63) is 27.8 Å². The maximum absolute atomic E-state index is 9.76. The van der Waals surface area contributed by atoms with Crippen LogP contribution in [0.4, 0.5) is 0 Å². The van der Waals surface area contributed by atoms with E-state index in [1.807, 2.05) is 19.9 Å². The summed E-state index contributed by atoms with van der Waals surface area (Å²) in [5.74, 6) is 0.747. The van der Waals surface area contributed by atoms with E-state index in [1.165, 1.54) is 0 Å². The molecule has 0 saturated heterocycles. The lowest BCUT2D eigenvalue weighted by Crippen LogP contribution is -2.05. The molecule has 1 unspecified atom stereocenters. The summed E-state index contributed by atoms with van der Waals surface area (Å²) in [5.41, 5.74) is 2.68. The number of hydrogen-bond acceptors (Lipinski definition) is 2. The van der Waals surface area contributed by atoms with E-state index >= 15 is 0 Å². The van der Waals surface area contributed by atoms with Crippen molar-refractivity contribution in [1.29, 1.82) is 0 Å². The molecule has 0 fully saturated rings. The van der Waals surface area contributed by atoms with Crippen LogP contribution in [0.15, 0.2) is 6.07 Å². The van der Waals surface area contributed by atoms with E-state index in [2.05, 4.69) is 6.92 Å². The van der Waals surface area contributed by atoms with Crippen LogP contribution < -0.4 is 4.74 Å². The fraction of sp³-hybridized carbons (Fsp3) is 0.538. The molecule has 0 radical (unpaired) electrons. The molecule has 0 aliphatic carbocycles. The van der Waals surface area contributed by atoms with Gasteiger partial charge >= 0.3 is 0 Å². The van der Waals surface area contributed by atoms with Crippen LogP contribution in [0.25, 0.3) is 0 Å². The van der Waals surface area contributed by atoms with Crippen molar-refractivity contribution in [3.8, 4) is 5.75 Å². The third-order valence-electron chi connectivity index (χ3n) is 2.57. The molecule has 1 N–H and O–H groups in total. The quantitative estimate of drug-likeness (QED) is 0.870. The second-order valence-electron chi connectivity index (χ2n) is 4.07. The Bertz CT molecular complexity index is 373. The van der Waals surface area contributed by atoms with Crippen LogP contribution in [0.5, 0.6) is 5.75 Å². The van der Waals surface area contributed by atoms with Crippen molar-refractivity contribution < 1.29 is 9.84 Å². The van der Waals surface area contributed by atoms with Gasteiger partial charge in [0.2, 0.25) is 0 Å². The Morgan fingerprint density at radius 2 is 2.06 bits per heavy atom. The lowest BCUT2D eigenvalue weighted by molar-refractivity contribution is 0.190. The summed E-state index contributed by atoms with van der Waals surface area (Å²) in [7, 11) is 0. The molecule has 1 aromatic carbocycles. The number of benzene rings is 1. The summed E-state index contributed by atoms with van der Waals surface area (Å²) in [6.07, 6.45) is 0.380. The number of aryl methyl sites for hydroxylation is 1. The minimum absolute atomic E-state index is 0.565. The topological polar surface area (TPSA) is 29.5 Å². The summed E-state index contributed by atoms with van der Waals surface area (Å²) in [6.45, 7) is 8.29. The highest BCUT2D eigenvalue weighted by Gasteiger charge is 2.16. The van der Waals surface area contributed by atoms with E-state index < -0.39 is 6.10 Å². The largest absolute Gasteiger partial charge is 0.493 e. The first-order valence-corrected chi connectivity index (χ1v) is 5.97. The number of hydrogen-bond donors (Lipinski definition) is 1. The van der Waals surface area contributed by atoms with Crippen molar-refractivity contribution >= 4 is 11.6 Å². The molecule has 0 heterocycles. The smallest absolute Gasteiger partial charge is 0.125 e. The predicted octanol–water partition coefficient (Wildman–Crippen LogP) is 3.80. The number of aliphatic hydroxyl groups excluding tert-OH is 1. The first-order chi connectivity index (χ1) is 7.49. The molecular weight excluding hydrogens is 224 g/mol. The average Bonchev–Trinajstić information content (AvgIpc) is 2.22. The maximum atomic E-state index is 9.76. The van der Waals surface area contributed by atoms with Crippen LogP contribution in [0, 0.1) is 13.8 Å². The van der Waals surface area contributed by atoms with Gasteiger partial charge < -0.3 is 9.84 Å². The molecule has 1 aromatic rings. The lowest BCUT2D eigenvalue weighted by Gasteiger charge is -2.18. The van der Waals surface area contributed by atoms with Gasteiger partial charge in [-0.05, 0) is 44.4 Å². The van der Waals surface area contributed by atoms with Crippen molar-refractivity contribution in [3.63, 3.8) is 0 Å². The zero-order valence-corrected chi connectivity index (χ0v) is 11.1. The van der Waals surface area contributed by atoms with Crippen LogP contribution in [0.1, 0.15) is 43.1 Å². The first-order valence-electron chi connectivity index (χ1n) is 5.59. The van der Waals surface area contributed by atoms with Gasteiger partial charge in [-0.2, -0.15) is 0 Å². The van der Waals surface area contributed by atoms with Gasteiger partial charge in [-0.15, -0.1) is 0 Å². The lowest BCUT2D eigenvalue weighted by atomic mass is 10.0. The van der Waals surface area contributed by atoms with Gasteiger partial charge in [0.25, 0.3) is 0 Å². The van der Waals surface area contributed by atoms with Gasteiger partial charge in [-0.25, -0.2) is 0 Å².